The van der Waals surface area contributed by atoms with E-state index in [2.05, 4.69) is 10.6 Å². The molecule has 1 fully saturated rings. The van der Waals surface area contributed by atoms with Crippen LogP contribution in [0, 0.1) is 11.7 Å². The number of hydrogen-bond donors (Lipinski definition) is 2. The smallest absolute Gasteiger partial charge is 0.229 e. The first-order valence-corrected chi connectivity index (χ1v) is 8.39. The van der Waals surface area contributed by atoms with Crippen molar-refractivity contribution in [2.75, 3.05) is 18.4 Å². The van der Waals surface area contributed by atoms with Crippen molar-refractivity contribution in [2.45, 2.75) is 45.7 Å². The highest BCUT2D eigenvalue weighted by Gasteiger charge is 2.39. The number of likely N-dealkylation sites (tertiary alicyclic amines) is 1. The first-order chi connectivity index (χ1) is 11.3. The molecule has 2 N–H and O–H groups in total. The van der Waals surface area contributed by atoms with E-state index in [1.165, 1.54) is 0 Å². The second-order valence-electron chi connectivity index (χ2n) is 7.56. The summed E-state index contributed by atoms with van der Waals surface area (Å²) in [5.41, 5.74) is 1.51. The molecule has 1 unspecified atom stereocenters. The molecule has 7 heteroatoms. The molecule has 3 rings (SSSR count). The molecular weight excluding hydrogens is 345 g/mol. The minimum Gasteiger partial charge on any atom is -0.337 e. The zero-order chi connectivity index (χ0) is 17.5. The van der Waals surface area contributed by atoms with E-state index < -0.39 is 5.92 Å². The quantitative estimate of drug-likeness (QED) is 0.842. The maximum Gasteiger partial charge on any atom is 0.229 e. The number of carbonyl (C=O) groups is 2. The molecule has 0 aliphatic carbocycles. The summed E-state index contributed by atoms with van der Waals surface area (Å²) in [7, 11) is 0. The molecule has 1 saturated heterocycles. The van der Waals surface area contributed by atoms with Crippen LogP contribution >= 0.6 is 12.4 Å². The molecule has 0 spiro atoms. The highest BCUT2D eigenvalue weighted by atomic mass is 35.5. The van der Waals surface area contributed by atoms with Crippen LogP contribution < -0.4 is 10.6 Å². The van der Waals surface area contributed by atoms with Gasteiger partial charge in [-0.2, -0.15) is 0 Å². The van der Waals surface area contributed by atoms with E-state index in [4.69, 9.17) is 0 Å². The Labute approximate surface area is 153 Å². The Morgan fingerprint density at radius 1 is 1.36 bits per heavy atom. The van der Waals surface area contributed by atoms with Crippen molar-refractivity contribution in [3.8, 4) is 0 Å². The van der Waals surface area contributed by atoms with Crippen LogP contribution in [0.3, 0.4) is 0 Å². The fourth-order valence-electron chi connectivity index (χ4n) is 3.40. The molecule has 2 aliphatic heterocycles. The van der Waals surface area contributed by atoms with Crippen LogP contribution in [0.25, 0.3) is 0 Å². The van der Waals surface area contributed by atoms with E-state index in [1.807, 2.05) is 26.8 Å². The van der Waals surface area contributed by atoms with E-state index in [1.54, 1.807) is 11.0 Å². The number of anilines is 1. The summed E-state index contributed by atoms with van der Waals surface area (Å²) in [6, 6.07) is 3.46. The van der Waals surface area contributed by atoms with Gasteiger partial charge in [-0.1, -0.05) is 6.07 Å². The first kappa shape index (κ1) is 19.7. The molecule has 1 atom stereocenters. The van der Waals surface area contributed by atoms with Gasteiger partial charge < -0.3 is 15.5 Å². The van der Waals surface area contributed by atoms with Gasteiger partial charge in [0.15, 0.2) is 0 Å². The number of nitrogens with one attached hydrogen (secondary N) is 2. The van der Waals surface area contributed by atoms with Crippen LogP contribution in [-0.4, -0.2) is 35.3 Å². The average molecular weight is 370 g/mol. The topological polar surface area (TPSA) is 61.4 Å². The van der Waals surface area contributed by atoms with Crippen LogP contribution in [0.1, 0.15) is 38.3 Å². The third-order valence-electron chi connectivity index (χ3n) is 4.77. The highest BCUT2D eigenvalue weighted by Crippen LogP contribution is 2.28. The Balaban J connectivity index is 0.00000225. The van der Waals surface area contributed by atoms with E-state index in [-0.39, 0.29) is 47.7 Å². The Morgan fingerprint density at radius 2 is 2.08 bits per heavy atom. The third-order valence-corrected chi connectivity index (χ3v) is 4.77. The van der Waals surface area contributed by atoms with Gasteiger partial charge in [0.1, 0.15) is 5.82 Å². The van der Waals surface area contributed by atoms with Crippen molar-refractivity contribution in [3.05, 3.63) is 29.1 Å². The van der Waals surface area contributed by atoms with Gasteiger partial charge in [-0.05, 0) is 50.9 Å². The van der Waals surface area contributed by atoms with Crippen LogP contribution in [0.2, 0.25) is 0 Å². The zero-order valence-electron chi connectivity index (χ0n) is 14.8. The Hall–Kier alpha value is -1.66. The molecule has 0 saturated carbocycles. The molecule has 138 valence electrons. The lowest BCUT2D eigenvalue weighted by atomic mass is 9.99. The van der Waals surface area contributed by atoms with E-state index in [0.717, 1.165) is 12.1 Å². The van der Waals surface area contributed by atoms with Crippen molar-refractivity contribution in [3.63, 3.8) is 0 Å². The number of amides is 2. The molecule has 2 amide bonds. The molecule has 1 aromatic rings. The lowest BCUT2D eigenvalue weighted by Crippen LogP contribution is -2.42. The summed E-state index contributed by atoms with van der Waals surface area (Å²) in [5.74, 6) is -1.10. The van der Waals surface area contributed by atoms with Gasteiger partial charge in [-0.15, -0.1) is 12.4 Å². The van der Waals surface area contributed by atoms with Gasteiger partial charge in [0.25, 0.3) is 0 Å². The van der Waals surface area contributed by atoms with E-state index in [9.17, 15) is 14.0 Å². The zero-order valence-corrected chi connectivity index (χ0v) is 15.6. The van der Waals surface area contributed by atoms with Gasteiger partial charge in [0.2, 0.25) is 11.8 Å². The minimum atomic E-state index is -0.436. The van der Waals surface area contributed by atoms with Gasteiger partial charge in [0.05, 0.1) is 11.6 Å². The molecule has 2 aliphatic rings. The van der Waals surface area contributed by atoms with Crippen LogP contribution in [-0.2, 0) is 22.6 Å². The number of hydrogen-bond acceptors (Lipinski definition) is 3. The summed E-state index contributed by atoms with van der Waals surface area (Å²) in [6.07, 6.45) is 0.796. The Morgan fingerprint density at radius 3 is 2.72 bits per heavy atom. The summed E-state index contributed by atoms with van der Waals surface area (Å²) in [5, 5.41) is 5.88. The maximum atomic E-state index is 14.6. The second kappa shape index (κ2) is 7.30. The summed E-state index contributed by atoms with van der Waals surface area (Å²) < 4.78 is 14.6. The minimum absolute atomic E-state index is 0. The lowest BCUT2D eigenvalue weighted by Gasteiger charge is -2.32. The fraction of sp³-hybridized carbons (Fsp3) is 0.556. The summed E-state index contributed by atoms with van der Waals surface area (Å²) >= 11 is 0. The van der Waals surface area contributed by atoms with Crippen LogP contribution in [0.15, 0.2) is 12.1 Å². The predicted octanol–water partition coefficient (Wildman–Crippen LogP) is 2.48. The first-order valence-electron chi connectivity index (χ1n) is 8.39. The van der Waals surface area contributed by atoms with E-state index >= 15 is 0 Å². The number of benzene rings is 1. The maximum absolute atomic E-state index is 14.6. The Kier molecular flexibility index (Phi) is 5.74. The number of fused-ring (bicyclic) bond motifs is 1. The molecular formula is C18H25ClFN3O2. The van der Waals surface area contributed by atoms with Gasteiger partial charge in [-0.3, -0.25) is 9.59 Å². The van der Waals surface area contributed by atoms with Crippen molar-refractivity contribution in [1.82, 2.24) is 10.2 Å². The predicted molar refractivity (Wildman–Crippen MR) is 97.3 cm³/mol. The summed E-state index contributed by atoms with van der Waals surface area (Å²) in [6.45, 7) is 7.61. The molecule has 2 heterocycles. The monoisotopic (exact) mass is 369 g/mol. The molecule has 0 bridgehead atoms. The largest absolute Gasteiger partial charge is 0.337 e. The third kappa shape index (κ3) is 3.96. The molecule has 1 aromatic carbocycles. The van der Waals surface area contributed by atoms with Crippen LogP contribution in [0.4, 0.5) is 10.1 Å². The van der Waals surface area contributed by atoms with Crippen molar-refractivity contribution in [1.29, 1.82) is 0 Å². The molecule has 0 radical (unpaired) electrons. The van der Waals surface area contributed by atoms with Gasteiger partial charge in [0, 0.05) is 25.0 Å². The fourth-order valence-corrected chi connectivity index (χ4v) is 3.40. The van der Waals surface area contributed by atoms with Crippen molar-refractivity contribution in [2.24, 2.45) is 5.92 Å². The number of nitrogens with zero attached hydrogens (tertiary/aromatic N) is 1. The highest BCUT2D eigenvalue weighted by molar-refractivity contribution is 5.97. The average Bonchev–Trinajstić information content (AvgIpc) is 2.92. The van der Waals surface area contributed by atoms with E-state index in [0.29, 0.717) is 25.1 Å². The normalized spacial score (nSPS) is 20.1. The number of halogens is 2. The lowest BCUT2D eigenvalue weighted by molar-refractivity contribution is -0.131. The summed E-state index contributed by atoms with van der Waals surface area (Å²) in [4.78, 5) is 26.3. The Bertz CT molecular complexity index is 688. The van der Waals surface area contributed by atoms with Gasteiger partial charge in [-0.25, -0.2) is 4.39 Å². The van der Waals surface area contributed by atoms with Crippen molar-refractivity contribution < 1.29 is 14.0 Å². The molecule has 0 aromatic heterocycles. The van der Waals surface area contributed by atoms with Crippen molar-refractivity contribution >= 4 is 29.9 Å². The van der Waals surface area contributed by atoms with Crippen LogP contribution in [0.5, 0.6) is 0 Å². The number of carbonyl (C=O) groups excluding carboxylic acids is 2. The standard InChI is InChI=1S/C18H24FN3O2.ClH/c1-18(2,3)22-10-12(8-15(22)23)17(24)21-14-5-4-11-9-20-7-6-13(11)16(14)19;/h4-5,12,20H,6-10H2,1-3H3,(H,21,24);1H. The second-order valence-corrected chi connectivity index (χ2v) is 7.56. The van der Waals surface area contributed by atoms with Gasteiger partial charge >= 0.3 is 0 Å². The SMILES string of the molecule is CC(C)(C)N1CC(C(=O)Nc2ccc3c(c2F)CCNC3)CC1=O.Cl. The molecule has 5 nitrogen and oxygen atoms in total. The molecule has 25 heavy (non-hydrogen) atoms. The number of rotatable bonds is 2.